The second-order valence-electron chi connectivity index (χ2n) is 4.36. The first-order chi connectivity index (χ1) is 5.66. The Morgan fingerprint density at radius 1 is 1.42 bits per heavy atom. The molecule has 2 heteroatoms. The van der Waals surface area contributed by atoms with E-state index in [2.05, 4.69) is 25.9 Å². The summed E-state index contributed by atoms with van der Waals surface area (Å²) in [7, 11) is 4.35. The monoisotopic (exact) mass is 170 g/mol. The zero-order valence-electron chi connectivity index (χ0n) is 8.59. The summed E-state index contributed by atoms with van der Waals surface area (Å²) in [6.07, 6.45) is 4.24. The Kier molecular flexibility index (Phi) is 3.53. The molecule has 1 aliphatic rings. The highest BCUT2D eigenvalue weighted by Crippen LogP contribution is 2.34. The van der Waals surface area contributed by atoms with Gasteiger partial charge in [0.05, 0.1) is 0 Å². The molecule has 0 spiro atoms. The fourth-order valence-corrected chi connectivity index (χ4v) is 2.32. The predicted octanol–water partition coefficient (Wildman–Crippen LogP) is 1.31. The zero-order chi connectivity index (χ0) is 9.14. The summed E-state index contributed by atoms with van der Waals surface area (Å²) in [4.78, 5) is 2.35. The fourth-order valence-electron chi connectivity index (χ4n) is 2.32. The third-order valence-corrected chi connectivity index (χ3v) is 3.18. The molecule has 0 aliphatic heterocycles. The van der Waals surface area contributed by atoms with Crippen LogP contribution in [0.2, 0.25) is 0 Å². The fraction of sp³-hybridized carbons (Fsp3) is 1.00. The van der Waals surface area contributed by atoms with Crippen LogP contribution in [0.25, 0.3) is 0 Å². The highest BCUT2D eigenvalue weighted by molar-refractivity contribution is 4.86. The first-order valence-corrected chi connectivity index (χ1v) is 5.03. The van der Waals surface area contributed by atoms with Crippen molar-refractivity contribution in [2.45, 2.75) is 32.2 Å². The van der Waals surface area contributed by atoms with Gasteiger partial charge in [0.15, 0.2) is 0 Å². The lowest BCUT2D eigenvalue weighted by molar-refractivity contribution is 0.0987. The smallest absolute Gasteiger partial charge is 0.0155 e. The lowest BCUT2D eigenvalue weighted by atomic mass is 9.75. The summed E-state index contributed by atoms with van der Waals surface area (Å²) in [5.74, 6) is 1.56. The van der Waals surface area contributed by atoms with E-state index in [0.29, 0.717) is 12.0 Å². The van der Waals surface area contributed by atoms with Gasteiger partial charge in [-0.05, 0) is 45.3 Å². The van der Waals surface area contributed by atoms with Gasteiger partial charge in [0.2, 0.25) is 0 Å². The van der Waals surface area contributed by atoms with E-state index in [1.807, 2.05) is 0 Å². The second-order valence-corrected chi connectivity index (χ2v) is 4.36. The third kappa shape index (κ3) is 1.99. The number of hydrogen-bond acceptors (Lipinski definition) is 2. The van der Waals surface area contributed by atoms with Crippen LogP contribution in [-0.4, -0.2) is 31.6 Å². The van der Waals surface area contributed by atoms with Crippen LogP contribution >= 0.6 is 0 Å². The van der Waals surface area contributed by atoms with Crippen molar-refractivity contribution in [3.63, 3.8) is 0 Å². The molecule has 1 rings (SSSR count). The minimum atomic E-state index is 0.644. The van der Waals surface area contributed by atoms with Crippen LogP contribution in [-0.2, 0) is 0 Å². The largest absolute Gasteiger partial charge is 0.330 e. The van der Waals surface area contributed by atoms with Gasteiger partial charge in [-0.15, -0.1) is 0 Å². The maximum atomic E-state index is 5.70. The van der Waals surface area contributed by atoms with Crippen LogP contribution in [0.3, 0.4) is 0 Å². The van der Waals surface area contributed by atoms with Crippen molar-refractivity contribution < 1.29 is 0 Å². The molecule has 0 radical (unpaired) electrons. The average molecular weight is 170 g/mol. The second kappa shape index (κ2) is 4.24. The van der Waals surface area contributed by atoms with E-state index in [4.69, 9.17) is 5.73 Å². The predicted molar refractivity (Wildman–Crippen MR) is 53.0 cm³/mol. The molecule has 0 amide bonds. The van der Waals surface area contributed by atoms with Crippen molar-refractivity contribution in [1.82, 2.24) is 4.90 Å². The summed E-state index contributed by atoms with van der Waals surface area (Å²) in [5, 5.41) is 0. The van der Waals surface area contributed by atoms with Gasteiger partial charge in [-0.3, -0.25) is 0 Å². The first-order valence-electron chi connectivity index (χ1n) is 5.03. The lowest BCUT2D eigenvalue weighted by Gasteiger charge is -2.41. The Morgan fingerprint density at radius 2 is 2.00 bits per heavy atom. The molecule has 0 bridgehead atoms. The molecule has 0 aromatic carbocycles. The van der Waals surface area contributed by atoms with Gasteiger partial charge in [-0.25, -0.2) is 0 Å². The summed E-state index contributed by atoms with van der Waals surface area (Å²) < 4.78 is 0. The molecule has 2 nitrogen and oxygen atoms in total. The molecule has 72 valence electrons. The van der Waals surface area contributed by atoms with Gasteiger partial charge in [-0.1, -0.05) is 13.3 Å². The van der Waals surface area contributed by atoms with E-state index in [-0.39, 0.29) is 0 Å². The van der Waals surface area contributed by atoms with Gasteiger partial charge in [0.1, 0.15) is 0 Å². The summed E-state index contributed by atoms with van der Waals surface area (Å²) >= 11 is 0. The van der Waals surface area contributed by atoms with Crippen molar-refractivity contribution in [2.75, 3.05) is 20.6 Å². The van der Waals surface area contributed by atoms with Crippen molar-refractivity contribution in [3.8, 4) is 0 Å². The topological polar surface area (TPSA) is 29.3 Å². The molecular weight excluding hydrogens is 148 g/mol. The highest BCUT2D eigenvalue weighted by atomic mass is 15.1. The molecule has 1 fully saturated rings. The molecule has 0 heterocycles. The highest BCUT2D eigenvalue weighted by Gasteiger charge is 2.31. The number of hydrogen-bond donors (Lipinski definition) is 1. The van der Waals surface area contributed by atoms with Crippen molar-refractivity contribution in [3.05, 3.63) is 0 Å². The number of nitrogens with zero attached hydrogens (tertiary/aromatic N) is 1. The van der Waals surface area contributed by atoms with E-state index in [0.717, 1.165) is 12.5 Å². The normalized spacial score (nSPS) is 23.8. The standard InChI is InChI=1S/C10H22N2/c1-8(7-11)10(12(2)3)9-5-4-6-9/h8-10H,4-7,11H2,1-3H3. The molecule has 2 N–H and O–H groups in total. The van der Waals surface area contributed by atoms with Crippen LogP contribution < -0.4 is 5.73 Å². The molecular formula is C10H22N2. The first kappa shape index (κ1) is 10.0. The average Bonchev–Trinajstić information content (AvgIpc) is 1.94. The van der Waals surface area contributed by atoms with Crippen LogP contribution in [0, 0.1) is 11.8 Å². The summed E-state index contributed by atoms with van der Waals surface area (Å²) in [6, 6.07) is 0.712. The van der Waals surface area contributed by atoms with E-state index in [9.17, 15) is 0 Å². The van der Waals surface area contributed by atoms with Gasteiger partial charge in [-0.2, -0.15) is 0 Å². The van der Waals surface area contributed by atoms with Gasteiger partial charge < -0.3 is 10.6 Å². The Morgan fingerprint density at radius 3 is 2.25 bits per heavy atom. The Labute approximate surface area is 76.1 Å². The maximum Gasteiger partial charge on any atom is 0.0155 e. The van der Waals surface area contributed by atoms with Gasteiger partial charge in [0, 0.05) is 6.04 Å². The number of rotatable bonds is 4. The molecule has 0 aromatic heterocycles. The van der Waals surface area contributed by atoms with E-state index in [1.165, 1.54) is 19.3 Å². The molecule has 12 heavy (non-hydrogen) atoms. The zero-order valence-corrected chi connectivity index (χ0v) is 8.59. The van der Waals surface area contributed by atoms with Crippen molar-refractivity contribution in [1.29, 1.82) is 0 Å². The molecule has 0 aromatic rings. The third-order valence-electron chi connectivity index (χ3n) is 3.18. The number of nitrogens with two attached hydrogens (primary N) is 1. The van der Waals surface area contributed by atoms with Crippen LogP contribution in [0.5, 0.6) is 0 Å². The quantitative estimate of drug-likeness (QED) is 0.689. The van der Waals surface area contributed by atoms with Crippen LogP contribution in [0.1, 0.15) is 26.2 Å². The molecule has 1 saturated carbocycles. The molecule has 2 unspecified atom stereocenters. The van der Waals surface area contributed by atoms with Crippen molar-refractivity contribution in [2.24, 2.45) is 17.6 Å². The maximum absolute atomic E-state index is 5.70. The van der Waals surface area contributed by atoms with Gasteiger partial charge >= 0.3 is 0 Å². The summed E-state index contributed by atoms with van der Waals surface area (Å²) in [6.45, 7) is 3.09. The van der Waals surface area contributed by atoms with E-state index < -0.39 is 0 Å². The minimum absolute atomic E-state index is 0.644. The van der Waals surface area contributed by atoms with E-state index >= 15 is 0 Å². The SMILES string of the molecule is CC(CN)C(C1CCC1)N(C)C. The molecule has 0 saturated heterocycles. The van der Waals surface area contributed by atoms with Crippen LogP contribution in [0.4, 0.5) is 0 Å². The minimum Gasteiger partial charge on any atom is -0.330 e. The van der Waals surface area contributed by atoms with Gasteiger partial charge in [0.25, 0.3) is 0 Å². The summed E-state index contributed by atoms with van der Waals surface area (Å²) in [5.41, 5.74) is 5.70. The Balaban J connectivity index is 2.47. The van der Waals surface area contributed by atoms with Crippen molar-refractivity contribution >= 4 is 0 Å². The lowest BCUT2D eigenvalue weighted by Crippen LogP contribution is -2.45. The molecule has 1 aliphatic carbocycles. The Hall–Kier alpha value is -0.0800. The van der Waals surface area contributed by atoms with Crippen LogP contribution in [0.15, 0.2) is 0 Å². The molecule has 2 atom stereocenters. The Bertz CT molecular complexity index is 125. The van der Waals surface area contributed by atoms with E-state index in [1.54, 1.807) is 0 Å².